The molecule has 1 aromatic heterocycles. The lowest BCUT2D eigenvalue weighted by molar-refractivity contribution is 0.102. The Balaban J connectivity index is 1.82. The average molecular weight is 368 g/mol. The first-order valence-corrected chi connectivity index (χ1v) is 9.11. The maximum atomic E-state index is 12.5. The van der Waals surface area contributed by atoms with E-state index >= 15 is 0 Å². The van der Waals surface area contributed by atoms with Gasteiger partial charge in [-0.2, -0.15) is 0 Å². The minimum atomic E-state index is -0.237. The number of carbonyl (C=O) groups excluding carboxylic acids is 1. The van der Waals surface area contributed by atoms with E-state index < -0.39 is 0 Å². The van der Waals surface area contributed by atoms with E-state index in [0.717, 1.165) is 17.7 Å². The topological polar surface area (TPSA) is 60.5 Å². The van der Waals surface area contributed by atoms with Crippen molar-refractivity contribution in [3.05, 3.63) is 59.1 Å². The number of rotatable bonds is 6. The Morgan fingerprint density at radius 1 is 1.12 bits per heavy atom. The summed E-state index contributed by atoms with van der Waals surface area (Å²) in [5, 5.41) is 5.32. The predicted octanol–water partition coefficient (Wildman–Crippen LogP) is 4.64. The Labute approximate surface area is 156 Å². The number of aromatic nitrogens is 1. The zero-order valence-corrected chi connectivity index (χ0v) is 15.7. The van der Waals surface area contributed by atoms with Crippen molar-refractivity contribution in [2.24, 2.45) is 0 Å². The van der Waals surface area contributed by atoms with E-state index in [-0.39, 0.29) is 5.91 Å². The van der Waals surface area contributed by atoms with Gasteiger partial charge in [0, 0.05) is 11.1 Å². The van der Waals surface area contributed by atoms with Crippen LogP contribution in [-0.2, 0) is 6.42 Å². The first kappa shape index (κ1) is 17.9. The number of benzene rings is 2. The molecule has 0 aliphatic rings. The van der Waals surface area contributed by atoms with Gasteiger partial charge in [-0.1, -0.05) is 25.1 Å². The number of anilines is 1. The third-order valence-electron chi connectivity index (χ3n) is 3.99. The fraction of sp³-hybridized carbons (Fsp3) is 0.200. The number of nitrogens with zero attached hydrogens (tertiary/aromatic N) is 1. The van der Waals surface area contributed by atoms with E-state index in [1.807, 2.05) is 42.5 Å². The molecule has 0 aliphatic carbocycles. The van der Waals surface area contributed by atoms with Gasteiger partial charge in [-0.05, 0) is 36.2 Å². The number of amides is 1. The van der Waals surface area contributed by atoms with Crippen LogP contribution in [0.2, 0.25) is 0 Å². The van der Waals surface area contributed by atoms with E-state index in [2.05, 4.69) is 17.2 Å². The fourth-order valence-electron chi connectivity index (χ4n) is 2.58. The third-order valence-corrected chi connectivity index (χ3v) is 4.87. The Bertz CT molecular complexity index is 904. The lowest BCUT2D eigenvalue weighted by Crippen LogP contribution is -2.12. The summed E-state index contributed by atoms with van der Waals surface area (Å²) in [6, 6.07) is 13.4. The maximum Gasteiger partial charge on any atom is 0.275 e. The Kier molecular flexibility index (Phi) is 5.53. The van der Waals surface area contributed by atoms with Crippen LogP contribution in [0, 0.1) is 0 Å². The molecule has 2 aromatic carbocycles. The van der Waals surface area contributed by atoms with Crippen LogP contribution >= 0.6 is 11.3 Å². The first-order chi connectivity index (χ1) is 12.7. The summed E-state index contributed by atoms with van der Waals surface area (Å²) >= 11 is 1.39. The predicted molar refractivity (Wildman–Crippen MR) is 104 cm³/mol. The van der Waals surface area contributed by atoms with Crippen molar-refractivity contribution in [1.82, 2.24) is 4.98 Å². The van der Waals surface area contributed by atoms with Crippen molar-refractivity contribution in [2.75, 3.05) is 19.5 Å². The molecule has 0 saturated heterocycles. The SMILES string of the molecule is CCc1ccc(NC(=O)c2csc(-c3cccc(OC)c3OC)n2)cc1. The van der Waals surface area contributed by atoms with Crippen LogP contribution in [0.5, 0.6) is 11.5 Å². The molecular weight excluding hydrogens is 348 g/mol. The molecule has 6 heteroatoms. The normalized spacial score (nSPS) is 10.4. The number of para-hydroxylation sites is 1. The Morgan fingerprint density at radius 3 is 2.54 bits per heavy atom. The highest BCUT2D eigenvalue weighted by Crippen LogP contribution is 2.39. The molecule has 5 nitrogen and oxygen atoms in total. The van der Waals surface area contributed by atoms with Crippen LogP contribution in [0.25, 0.3) is 10.6 Å². The van der Waals surface area contributed by atoms with Crippen molar-refractivity contribution in [2.45, 2.75) is 13.3 Å². The number of hydrogen-bond acceptors (Lipinski definition) is 5. The lowest BCUT2D eigenvalue weighted by atomic mass is 10.1. The minimum Gasteiger partial charge on any atom is -0.493 e. The van der Waals surface area contributed by atoms with E-state index in [9.17, 15) is 4.79 Å². The number of thiazole rings is 1. The van der Waals surface area contributed by atoms with Gasteiger partial charge in [0.05, 0.1) is 19.8 Å². The van der Waals surface area contributed by atoms with Crippen LogP contribution in [0.4, 0.5) is 5.69 Å². The zero-order chi connectivity index (χ0) is 18.5. The number of nitrogens with one attached hydrogen (secondary N) is 1. The van der Waals surface area contributed by atoms with Crippen LogP contribution in [0.1, 0.15) is 23.0 Å². The molecule has 1 N–H and O–H groups in total. The summed E-state index contributed by atoms with van der Waals surface area (Å²) in [5.74, 6) is 0.993. The molecule has 3 rings (SSSR count). The summed E-state index contributed by atoms with van der Waals surface area (Å²) < 4.78 is 10.8. The van der Waals surface area contributed by atoms with Crippen molar-refractivity contribution >= 4 is 22.9 Å². The zero-order valence-electron chi connectivity index (χ0n) is 14.9. The summed E-state index contributed by atoms with van der Waals surface area (Å²) in [6.07, 6.45) is 0.964. The van der Waals surface area contributed by atoms with E-state index in [1.54, 1.807) is 19.6 Å². The van der Waals surface area contributed by atoms with Gasteiger partial charge < -0.3 is 14.8 Å². The van der Waals surface area contributed by atoms with Crippen LogP contribution in [0.15, 0.2) is 47.8 Å². The second-order valence-corrected chi connectivity index (χ2v) is 6.44. The van der Waals surface area contributed by atoms with Gasteiger partial charge in [0.1, 0.15) is 10.7 Å². The fourth-order valence-corrected chi connectivity index (χ4v) is 3.40. The minimum absolute atomic E-state index is 0.237. The Morgan fingerprint density at radius 2 is 1.88 bits per heavy atom. The molecule has 0 radical (unpaired) electrons. The summed E-state index contributed by atoms with van der Waals surface area (Å²) in [5.41, 5.74) is 3.14. The van der Waals surface area contributed by atoms with Gasteiger partial charge in [-0.3, -0.25) is 4.79 Å². The number of carbonyl (C=O) groups is 1. The van der Waals surface area contributed by atoms with Gasteiger partial charge >= 0.3 is 0 Å². The molecule has 0 bridgehead atoms. The summed E-state index contributed by atoms with van der Waals surface area (Å²) in [4.78, 5) is 16.9. The molecule has 0 spiro atoms. The van der Waals surface area contributed by atoms with Crippen molar-refractivity contribution in [3.8, 4) is 22.1 Å². The molecule has 0 fully saturated rings. The summed E-state index contributed by atoms with van der Waals surface area (Å²) in [7, 11) is 3.18. The van der Waals surface area contributed by atoms with Crippen LogP contribution < -0.4 is 14.8 Å². The van der Waals surface area contributed by atoms with Crippen LogP contribution in [-0.4, -0.2) is 25.1 Å². The number of methoxy groups -OCH3 is 2. The Hall–Kier alpha value is -2.86. The van der Waals surface area contributed by atoms with Gasteiger partial charge in [0.2, 0.25) is 0 Å². The molecule has 1 heterocycles. The van der Waals surface area contributed by atoms with Crippen molar-refractivity contribution in [1.29, 1.82) is 0 Å². The molecule has 0 aliphatic heterocycles. The second-order valence-electron chi connectivity index (χ2n) is 5.58. The first-order valence-electron chi connectivity index (χ1n) is 8.23. The monoisotopic (exact) mass is 368 g/mol. The van der Waals surface area contributed by atoms with Crippen molar-refractivity contribution < 1.29 is 14.3 Å². The lowest BCUT2D eigenvalue weighted by Gasteiger charge is -2.10. The van der Waals surface area contributed by atoms with E-state index in [4.69, 9.17) is 9.47 Å². The molecule has 26 heavy (non-hydrogen) atoms. The molecule has 134 valence electrons. The smallest absolute Gasteiger partial charge is 0.275 e. The molecule has 0 atom stereocenters. The standard InChI is InChI=1S/C20H20N2O3S/c1-4-13-8-10-14(11-9-13)21-19(23)16-12-26-20(22-16)15-6-5-7-17(24-2)18(15)25-3/h5-12H,4H2,1-3H3,(H,21,23). The van der Waals surface area contributed by atoms with E-state index in [0.29, 0.717) is 22.2 Å². The third kappa shape index (κ3) is 3.70. The molecule has 1 amide bonds. The van der Waals surface area contributed by atoms with Gasteiger partial charge in [0.15, 0.2) is 11.5 Å². The van der Waals surface area contributed by atoms with Crippen molar-refractivity contribution in [3.63, 3.8) is 0 Å². The highest BCUT2D eigenvalue weighted by atomic mass is 32.1. The average Bonchev–Trinajstić information content (AvgIpc) is 3.18. The quantitative estimate of drug-likeness (QED) is 0.688. The number of ether oxygens (including phenoxy) is 2. The highest BCUT2D eigenvalue weighted by Gasteiger charge is 2.17. The van der Waals surface area contributed by atoms with Gasteiger partial charge in [-0.25, -0.2) is 4.98 Å². The molecular formula is C20H20N2O3S. The highest BCUT2D eigenvalue weighted by molar-refractivity contribution is 7.13. The van der Waals surface area contributed by atoms with Gasteiger partial charge in [0.25, 0.3) is 5.91 Å². The molecule has 0 saturated carbocycles. The second kappa shape index (κ2) is 8.01. The molecule has 0 unspecified atom stereocenters. The van der Waals surface area contributed by atoms with E-state index in [1.165, 1.54) is 16.9 Å². The number of aryl methyl sites for hydroxylation is 1. The largest absolute Gasteiger partial charge is 0.493 e. The van der Waals surface area contributed by atoms with Gasteiger partial charge in [-0.15, -0.1) is 11.3 Å². The molecule has 3 aromatic rings. The van der Waals surface area contributed by atoms with Crippen LogP contribution in [0.3, 0.4) is 0 Å². The summed E-state index contributed by atoms with van der Waals surface area (Å²) in [6.45, 7) is 2.09. The number of hydrogen-bond donors (Lipinski definition) is 1. The maximum absolute atomic E-state index is 12.5.